The summed E-state index contributed by atoms with van der Waals surface area (Å²) < 4.78 is 40.4. The molecule has 0 amide bonds. The van der Waals surface area contributed by atoms with Gasteiger partial charge < -0.3 is 10.1 Å². The minimum absolute atomic E-state index is 0.0717. The molecule has 1 unspecified atom stereocenters. The molecular weight excluding hydrogens is 391 g/mol. The summed E-state index contributed by atoms with van der Waals surface area (Å²) >= 11 is 6.04. The van der Waals surface area contributed by atoms with Crippen LogP contribution in [0.25, 0.3) is 0 Å². The molecular formula is C20H21ClF3N3O. The maximum absolute atomic E-state index is 14.5. The third-order valence-electron chi connectivity index (χ3n) is 5.06. The predicted molar refractivity (Wildman–Crippen MR) is 101 cm³/mol. The minimum Gasteiger partial charge on any atom is -0.363 e. The molecule has 1 aliphatic rings. The van der Waals surface area contributed by atoms with Crippen LogP contribution in [0.2, 0.25) is 5.28 Å². The van der Waals surface area contributed by atoms with Gasteiger partial charge in [-0.05, 0) is 50.6 Å². The first-order valence-corrected chi connectivity index (χ1v) is 9.51. The highest BCUT2D eigenvalue weighted by atomic mass is 35.5. The van der Waals surface area contributed by atoms with Crippen LogP contribution >= 0.6 is 11.6 Å². The summed E-state index contributed by atoms with van der Waals surface area (Å²) in [6, 6.07) is 3.37. The van der Waals surface area contributed by atoms with Crippen LogP contribution in [-0.4, -0.2) is 15.8 Å². The van der Waals surface area contributed by atoms with E-state index in [9.17, 15) is 18.0 Å². The summed E-state index contributed by atoms with van der Waals surface area (Å²) in [5.74, 6) is -0.0360. The highest BCUT2D eigenvalue weighted by Crippen LogP contribution is 2.35. The number of rotatable bonds is 7. The van der Waals surface area contributed by atoms with Crippen LogP contribution in [0.3, 0.4) is 0 Å². The molecule has 2 atom stereocenters. The number of nitrogens with zero attached hydrogens (tertiary/aromatic N) is 2. The zero-order chi connectivity index (χ0) is 20.4. The van der Waals surface area contributed by atoms with Gasteiger partial charge in [0, 0.05) is 17.5 Å². The second-order valence-corrected chi connectivity index (χ2v) is 7.54. The highest BCUT2D eigenvalue weighted by Gasteiger charge is 2.28. The van der Waals surface area contributed by atoms with E-state index in [0.29, 0.717) is 25.1 Å². The van der Waals surface area contributed by atoms with Crippen molar-refractivity contribution < 1.29 is 18.0 Å². The Morgan fingerprint density at radius 1 is 1.29 bits per heavy atom. The van der Waals surface area contributed by atoms with Gasteiger partial charge in [0.1, 0.15) is 17.4 Å². The van der Waals surface area contributed by atoms with Gasteiger partial charge in [-0.2, -0.15) is 0 Å². The lowest BCUT2D eigenvalue weighted by atomic mass is 9.99. The first-order valence-electron chi connectivity index (χ1n) is 9.14. The SMILES string of the molecule is CC(=O)CCC1Cc2nc(Cl)nc(N[C@H](C)c3cccc(C(F)F)c3F)c2C1. The average Bonchev–Trinajstić information content (AvgIpc) is 3.02. The number of fused-ring (bicyclic) bond motifs is 1. The zero-order valence-electron chi connectivity index (χ0n) is 15.6. The molecule has 150 valence electrons. The van der Waals surface area contributed by atoms with Crippen LogP contribution in [0.5, 0.6) is 0 Å². The molecule has 1 heterocycles. The van der Waals surface area contributed by atoms with Crippen molar-refractivity contribution in [2.75, 3.05) is 5.32 Å². The smallest absolute Gasteiger partial charge is 0.266 e. The third-order valence-corrected chi connectivity index (χ3v) is 5.23. The lowest BCUT2D eigenvalue weighted by molar-refractivity contribution is -0.117. The molecule has 2 aromatic rings. The summed E-state index contributed by atoms with van der Waals surface area (Å²) in [5, 5.41) is 3.18. The Kier molecular flexibility index (Phi) is 6.23. The molecule has 4 nitrogen and oxygen atoms in total. The van der Waals surface area contributed by atoms with E-state index in [1.54, 1.807) is 13.8 Å². The predicted octanol–water partition coefficient (Wildman–Crippen LogP) is 5.46. The molecule has 0 spiro atoms. The van der Waals surface area contributed by atoms with Crippen molar-refractivity contribution in [2.24, 2.45) is 5.92 Å². The lowest BCUT2D eigenvalue weighted by Crippen LogP contribution is -2.13. The van der Waals surface area contributed by atoms with Crippen LogP contribution in [0, 0.1) is 11.7 Å². The van der Waals surface area contributed by atoms with Crippen molar-refractivity contribution in [1.29, 1.82) is 0 Å². The number of aromatic nitrogens is 2. The number of hydrogen-bond acceptors (Lipinski definition) is 4. The Hall–Kier alpha value is -2.15. The third kappa shape index (κ3) is 4.46. The summed E-state index contributed by atoms with van der Waals surface area (Å²) in [4.78, 5) is 19.8. The van der Waals surface area contributed by atoms with Gasteiger partial charge in [0.2, 0.25) is 5.28 Å². The Morgan fingerprint density at radius 2 is 2.00 bits per heavy atom. The fraction of sp³-hybridized carbons (Fsp3) is 0.450. The molecule has 28 heavy (non-hydrogen) atoms. The standard InChI is InChI=1S/C20H21ClF3N3O/c1-10(28)6-7-12-8-15-16(9-12)26-20(21)27-19(15)25-11(2)13-4-3-5-14(17(13)22)18(23)24/h3-5,11-12,18H,6-9H2,1-2H3,(H,25,26,27)/t11-,12?/m1/s1. The van der Waals surface area contributed by atoms with Gasteiger partial charge in [-0.3, -0.25) is 0 Å². The summed E-state index contributed by atoms with van der Waals surface area (Å²) in [7, 11) is 0. The van der Waals surface area contributed by atoms with E-state index in [-0.39, 0.29) is 22.5 Å². The number of carbonyl (C=O) groups excluding carboxylic acids is 1. The number of halogens is 4. The van der Waals surface area contributed by atoms with Gasteiger partial charge in [0.05, 0.1) is 17.3 Å². The van der Waals surface area contributed by atoms with Crippen LogP contribution in [0.15, 0.2) is 18.2 Å². The monoisotopic (exact) mass is 411 g/mol. The molecule has 3 rings (SSSR count). The second-order valence-electron chi connectivity index (χ2n) is 7.20. The minimum atomic E-state index is -2.88. The Balaban J connectivity index is 1.83. The second kappa shape index (κ2) is 8.47. The van der Waals surface area contributed by atoms with Gasteiger partial charge in [0.25, 0.3) is 6.43 Å². The number of benzene rings is 1. The number of ketones is 1. The van der Waals surface area contributed by atoms with Crippen LogP contribution in [0.1, 0.15) is 61.5 Å². The molecule has 1 aromatic carbocycles. The Morgan fingerprint density at radius 3 is 2.68 bits per heavy atom. The Bertz CT molecular complexity index is 891. The number of nitrogens with one attached hydrogen (secondary N) is 1. The summed E-state index contributed by atoms with van der Waals surface area (Å²) in [6.45, 7) is 3.24. The van der Waals surface area contributed by atoms with Gasteiger partial charge in [-0.1, -0.05) is 18.2 Å². The van der Waals surface area contributed by atoms with Crippen molar-refractivity contribution in [3.05, 3.63) is 51.7 Å². The number of Topliss-reactive ketones (excluding diaryl/α,β-unsaturated/α-hetero) is 1. The van der Waals surface area contributed by atoms with E-state index in [1.165, 1.54) is 12.1 Å². The van der Waals surface area contributed by atoms with Crippen LogP contribution < -0.4 is 5.32 Å². The molecule has 8 heteroatoms. The number of alkyl halides is 2. The largest absolute Gasteiger partial charge is 0.363 e. The van der Waals surface area contributed by atoms with E-state index in [2.05, 4.69) is 15.3 Å². The topological polar surface area (TPSA) is 54.9 Å². The molecule has 0 saturated heterocycles. The molecule has 0 saturated carbocycles. The van der Waals surface area contributed by atoms with E-state index in [0.717, 1.165) is 23.7 Å². The molecule has 1 aromatic heterocycles. The van der Waals surface area contributed by atoms with Crippen LogP contribution in [-0.2, 0) is 17.6 Å². The fourth-order valence-electron chi connectivity index (χ4n) is 3.60. The average molecular weight is 412 g/mol. The van der Waals surface area contributed by atoms with E-state index in [4.69, 9.17) is 11.6 Å². The normalized spacial score (nSPS) is 16.9. The van der Waals surface area contributed by atoms with Crippen molar-refractivity contribution >= 4 is 23.2 Å². The van der Waals surface area contributed by atoms with Gasteiger partial charge in [-0.15, -0.1) is 0 Å². The maximum atomic E-state index is 14.5. The quantitative estimate of drug-likeness (QED) is 0.614. The first kappa shape index (κ1) is 20.6. The fourth-order valence-corrected chi connectivity index (χ4v) is 3.79. The number of hydrogen-bond donors (Lipinski definition) is 1. The van der Waals surface area contributed by atoms with Crippen molar-refractivity contribution in [1.82, 2.24) is 9.97 Å². The van der Waals surface area contributed by atoms with Gasteiger partial charge >= 0.3 is 0 Å². The molecule has 0 radical (unpaired) electrons. The molecule has 0 fully saturated rings. The van der Waals surface area contributed by atoms with Crippen LogP contribution in [0.4, 0.5) is 19.0 Å². The molecule has 1 N–H and O–H groups in total. The highest BCUT2D eigenvalue weighted by molar-refractivity contribution is 6.28. The van der Waals surface area contributed by atoms with E-state index < -0.39 is 23.8 Å². The molecule has 0 aliphatic heterocycles. The summed E-state index contributed by atoms with van der Waals surface area (Å²) in [5.41, 5.74) is 1.20. The number of carbonyl (C=O) groups is 1. The number of anilines is 1. The van der Waals surface area contributed by atoms with Crippen molar-refractivity contribution in [2.45, 2.75) is 52.0 Å². The van der Waals surface area contributed by atoms with E-state index >= 15 is 0 Å². The Labute approximate surface area is 166 Å². The molecule has 1 aliphatic carbocycles. The maximum Gasteiger partial charge on any atom is 0.266 e. The van der Waals surface area contributed by atoms with Crippen molar-refractivity contribution in [3.8, 4) is 0 Å². The lowest BCUT2D eigenvalue weighted by Gasteiger charge is -2.19. The van der Waals surface area contributed by atoms with Gasteiger partial charge in [0.15, 0.2) is 0 Å². The van der Waals surface area contributed by atoms with Gasteiger partial charge in [-0.25, -0.2) is 23.1 Å². The molecule has 0 bridgehead atoms. The van der Waals surface area contributed by atoms with Crippen molar-refractivity contribution in [3.63, 3.8) is 0 Å². The first-order chi connectivity index (χ1) is 13.3. The summed E-state index contributed by atoms with van der Waals surface area (Å²) in [6.07, 6.45) is -0.238. The van der Waals surface area contributed by atoms with E-state index in [1.807, 2.05) is 0 Å². The zero-order valence-corrected chi connectivity index (χ0v) is 16.4.